The molecular weight excluding hydrogens is 402 g/mol. The fourth-order valence-electron chi connectivity index (χ4n) is 3.06. The Bertz CT molecular complexity index is 1100. The average molecular weight is 416 g/mol. The van der Waals surface area contributed by atoms with Crippen molar-refractivity contribution in [2.75, 3.05) is 11.9 Å². The highest BCUT2D eigenvalue weighted by atomic mass is 79.9. The van der Waals surface area contributed by atoms with Crippen LogP contribution in [0, 0.1) is 0 Å². The molecular formula is C17H14BrN5O3. The van der Waals surface area contributed by atoms with Crippen LogP contribution in [0.4, 0.5) is 5.95 Å². The van der Waals surface area contributed by atoms with Crippen LogP contribution in [0.15, 0.2) is 28.7 Å². The van der Waals surface area contributed by atoms with E-state index in [9.17, 15) is 14.7 Å². The number of benzene rings is 1. The van der Waals surface area contributed by atoms with Gasteiger partial charge in [-0.25, -0.2) is 0 Å². The first-order valence-corrected chi connectivity index (χ1v) is 8.60. The van der Waals surface area contributed by atoms with Crippen LogP contribution in [0.5, 0.6) is 5.88 Å². The molecule has 9 heteroatoms. The Morgan fingerprint density at radius 3 is 2.88 bits per heavy atom. The number of H-pyrrole nitrogens is 2. The molecule has 0 aliphatic carbocycles. The number of nitrogens with zero attached hydrogens (tertiary/aromatic N) is 1. The minimum absolute atomic E-state index is 0.136. The summed E-state index contributed by atoms with van der Waals surface area (Å²) >= 11 is 3.45. The van der Waals surface area contributed by atoms with Crippen molar-refractivity contribution >= 4 is 50.2 Å². The van der Waals surface area contributed by atoms with Crippen LogP contribution in [0.2, 0.25) is 0 Å². The number of anilines is 1. The molecule has 4 rings (SSSR count). The molecule has 0 unspecified atom stereocenters. The van der Waals surface area contributed by atoms with Gasteiger partial charge in [0.2, 0.25) is 17.7 Å². The van der Waals surface area contributed by atoms with Crippen LogP contribution in [-0.2, 0) is 4.79 Å². The van der Waals surface area contributed by atoms with Crippen molar-refractivity contribution in [1.82, 2.24) is 20.3 Å². The number of hydrogen-bond donors (Lipinski definition) is 5. The topological polar surface area (TPSA) is 123 Å². The van der Waals surface area contributed by atoms with Gasteiger partial charge in [0, 0.05) is 40.0 Å². The molecule has 2 aromatic heterocycles. The van der Waals surface area contributed by atoms with Gasteiger partial charge >= 0.3 is 0 Å². The van der Waals surface area contributed by atoms with E-state index in [0.29, 0.717) is 29.1 Å². The van der Waals surface area contributed by atoms with Crippen LogP contribution < -0.4 is 10.6 Å². The zero-order chi connectivity index (χ0) is 18.4. The predicted molar refractivity (Wildman–Crippen MR) is 100.0 cm³/mol. The van der Waals surface area contributed by atoms with Gasteiger partial charge < -0.3 is 20.4 Å². The number of imidazole rings is 1. The summed E-state index contributed by atoms with van der Waals surface area (Å²) in [5.74, 6) is -0.671. The molecule has 1 aliphatic rings. The highest BCUT2D eigenvalue weighted by Gasteiger charge is 2.27. The van der Waals surface area contributed by atoms with E-state index in [1.165, 1.54) is 6.92 Å². The average Bonchev–Trinajstić information content (AvgIpc) is 3.06. The minimum atomic E-state index is -0.311. The molecule has 8 nitrogen and oxygen atoms in total. The smallest absolute Gasteiger partial charge is 0.268 e. The number of hydrogen-bond acceptors (Lipinski definition) is 4. The number of halogens is 1. The quantitative estimate of drug-likeness (QED) is 0.441. The molecule has 26 heavy (non-hydrogen) atoms. The number of aromatic amines is 2. The van der Waals surface area contributed by atoms with Crippen molar-refractivity contribution < 1.29 is 14.7 Å². The number of fused-ring (bicyclic) bond motifs is 3. The van der Waals surface area contributed by atoms with E-state index in [1.807, 2.05) is 18.2 Å². The largest absolute Gasteiger partial charge is 0.492 e. The van der Waals surface area contributed by atoms with E-state index < -0.39 is 0 Å². The molecule has 0 bridgehead atoms. The molecule has 0 saturated carbocycles. The van der Waals surface area contributed by atoms with Gasteiger partial charge in [-0.3, -0.25) is 14.9 Å². The second-order valence-electron chi connectivity index (χ2n) is 5.86. The number of aromatic hydroxyl groups is 1. The molecule has 0 radical (unpaired) electrons. The van der Waals surface area contributed by atoms with Crippen LogP contribution in [-0.4, -0.2) is 38.4 Å². The second-order valence-corrected chi connectivity index (χ2v) is 6.77. The van der Waals surface area contributed by atoms with Gasteiger partial charge in [0.05, 0.1) is 0 Å². The van der Waals surface area contributed by atoms with Crippen LogP contribution in [0.3, 0.4) is 0 Å². The van der Waals surface area contributed by atoms with Gasteiger partial charge in [-0.05, 0) is 18.2 Å². The van der Waals surface area contributed by atoms with Crippen LogP contribution >= 0.6 is 15.9 Å². The molecule has 2 amide bonds. The fourth-order valence-corrected chi connectivity index (χ4v) is 3.42. The normalized spacial score (nSPS) is 13.8. The zero-order valence-electron chi connectivity index (χ0n) is 13.6. The summed E-state index contributed by atoms with van der Waals surface area (Å²) in [6.45, 7) is 1.64. The van der Waals surface area contributed by atoms with Gasteiger partial charge in [-0.2, -0.15) is 4.98 Å². The highest BCUT2D eigenvalue weighted by Crippen LogP contribution is 2.38. The second kappa shape index (κ2) is 6.03. The van der Waals surface area contributed by atoms with Crippen LogP contribution in [0.25, 0.3) is 16.5 Å². The maximum absolute atomic E-state index is 12.4. The molecule has 3 heterocycles. The van der Waals surface area contributed by atoms with Gasteiger partial charge in [-0.15, -0.1) is 0 Å². The lowest BCUT2D eigenvalue weighted by Crippen LogP contribution is -2.22. The third-order valence-electron chi connectivity index (χ3n) is 4.07. The molecule has 0 spiro atoms. The van der Waals surface area contributed by atoms with Gasteiger partial charge in [0.25, 0.3) is 5.91 Å². The first-order valence-electron chi connectivity index (χ1n) is 7.81. The predicted octanol–water partition coefficient (Wildman–Crippen LogP) is 2.49. The Morgan fingerprint density at radius 1 is 1.31 bits per heavy atom. The van der Waals surface area contributed by atoms with Gasteiger partial charge in [0.1, 0.15) is 11.4 Å². The summed E-state index contributed by atoms with van der Waals surface area (Å²) in [7, 11) is 0. The minimum Gasteiger partial charge on any atom is -0.492 e. The van der Waals surface area contributed by atoms with Crippen LogP contribution in [0.1, 0.15) is 28.7 Å². The summed E-state index contributed by atoms with van der Waals surface area (Å²) in [6, 6.07) is 5.65. The Morgan fingerprint density at radius 2 is 2.12 bits per heavy atom. The standard InChI is InChI=1S/C17H14BrN5O3/c1-7(24)20-17-22-13(16(26)23-17)9-4-5-19-15(25)14-12(9)10-6-8(18)2-3-11(10)21-14/h2-4,6,21,26H,5H2,1H3,(H,19,25)(H2,20,22,23,24). The van der Waals surface area contributed by atoms with Crippen molar-refractivity contribution in [3.8, 4) is 5.88 Å². The van der Waals surface area contributed by atoms with Crippen molar-refractivity contribution in [2.45, 2.75) is 6.92 Å². The summed E-state index contributed by atoms with van der Waals surface area (Å²) < 4.78 is 0.864. The van der Waals surface area contributed by atoms with Crippen molar-refractivity contribution in [3.63, 3.8) is 0 Å². The Labute approximate surface area is 155 Å². The number of carbonyl (C=O) groups excluding carboxylic acids is 2. The molecule has 0 atom stereocenters. The van der Waals surface area contributed by atoms with E-state index in [4.69, 9.17) is 0 Å². The van der Waals surface area contributed by atoms with E-state index >= 15 is 0 Å². The Kier molecular flexibility index (Phi) is 3.80. The number of carbonyl (C=O) groups is 2. The number of nitrogens with one attached hydrogen (secondary N) is 4. The summed E-state index contributed by atoms with van der Waals surface area (Å²) in [5, 5.41) is 16.4. The fraction of sp³-hybridized carbons (Fsp3) is 0.118. The van der Waals surface area contributed by atoms with Gasteiger partial charge in [-0.1, -0.05) is 22.0 Å². The summed E-state index contributed by atoms with van der Waals surface area (Å²) in [4.78, 5) is 33.7. The molecule has 132 valence electrons. The lowest BCUT2D eigenvalue weighted by atomic mass is 9.99. The van der Waals surface area contributed by atoms with Crippen molar-refractivity contribution in [3.05, 3.63) is 45.7 Å². The monoisotopic (exact) mass is 415 g/mol. The maximum atomic E-state index is 12.4. The van der Waals surface area contributed by atoms with Crippen molar-refractivity contribution in [2.24, 2.45) is 0 Å². The maximum Gasteiger partial charge on any atom is 0.268 e. The number of aromatic nitrogens is 3. The van der Waals surface area contributed by atoms with E-state index in [-0.39, 0.29) is 23.6 Å². The van der Waals surface area contributed by atoms with E-state index in [1.54, 1.807) is 6.08 Å². The molecule has 5 N–H and O–H groups in total. The lowest BCUT2D eigenvalue weighted by molar-refractivity contribution is -0.114. The number of rotatable bonds is 2. The molecule has 0 fully saturated rings. The number of amides is 2. The highest BCUT2D eigenvalue weighted by molar-refractivity contribution is 9.10. The van der Waals surface area contributed by atoms with E-state index in [2.05, 4.69) is 41.5 Å². The first-order chi connectivity index (χ1) is 12.4. The van der Waals surface area contributed by atoms with Crippen molar-refractivity contribution in [1.29, 1.82) is 0 Å². The Hall–Kier alpha value is -3.07. The van der Waals surface area contributed by atoms with E-state index in [0.717, 1.165) is 15.4 Å². The SMILES string of the molecule is CC(=O)Nc1nc(O)c(C2=CCNC(=O)c3[nH]c4ccc(Br)cc4c32)[nH]1. The molecule has 1 aliphatic heterocycles. The third kappa shape index (κ3) is 2.66. The Balaban J connectivity index is 1.95. The third-order valence-corrected chi connectivity index (χ3v) is 4.57. The zero-order valence-corrected chi connectivity index (χ0v) is 15.2. The molecule has 0 saturated heterocycles. The molecule has 3 aromatic rings. The summed E-state index contributed by atoms with van der Waals surface area (Å²) in [6.07, 6.45) is 1.79. The molecule has 1 aromatic carbocycles. The van der Waals surface area contributed by atoms with Gasteiger partial charge in [0.15, 0.2) is 0 Å². The first kappa shape index (κ1) is 16.4. The summed E-state index contributed by atoms with van der Waals surface area (Å²) in [5.41, 5.74) is 2.79. The lowest BCUT2D eigenvalue weighted by Gasteiger charge is -2.05.